The van der Waals surface area contributed by atoms with Crippen molar-refractivity contribution in [2.45, 2.75) is 20.4 Å². The van der Waals surface area contributed by atoms with Crippen LogP contribution in [0.15, 0.2) is 18.2 Å². The molecule has 0 saturated carbocycles. The Morgan fingerprint density at radius 3 is 2.72 bits per heavy atom. The maximum absolute atomic E-state index is 6.20. The van der Waals surface area contributed by atoms with Crippen LogP contribution >= 0.6 is 35.4 Å². The summed E-state index contributed by atoms with van der Waals surface area (Å²) < 4.78 is 2.56. The molecule has 0 aliphatic rings. The highest BCUT2D eigenvalue weighted by atomic mass is 35.5. The Balaban J connectivity index is 2.54. The largest absolute Gasteiger partial charge is 0.300 e. The van der Waals surface area contributed by atoms with Crippen molar-refractivity contribution in [1.29, 1.82) is 0 Å². The van der Waals surface area contributed by atoms with Crippen molar-refractivity contribution in [2.24, 2.45) is 5.92 Å². The molecule has 0 unspecified atom stereocenters. The lowest BCUT2D eigenvalue weighted by atomic mass is 10.2. The Hall–Kier alpha value is -0.840. The first-order valence-corrected chi connectivity index (χ1v) is 6.76. The van der Waals surface area contributed by atoms with Crippen LogP contribution in [-0.4, -0.2) is 14.8 Å². The van der Waals surface area contributed by atoms with Gasteiger partial charge in [0.25, 0.3) is 0 Å². The van der Waals surface area contributed by atoms with E-state index in [0.29, 0.717) is 20.7 Å². The third kappa shape index (κ3) is 2.76. The first-order valence-electron chi connectivity index (χ1n) is 5.59. The third-order valence-electron chi connectivity index (χ3n) is 2.48. The molecule has 1 heterocycles. The van der Waals surface area contributed by atoms with Crippen molar-refractivity contribution >= 4 is 35.4 Å². The lowest BCUT2D eigenvalue weighted by molar-refractivity contribution is 0.521. The number of rotatable bonds is 3. The highest BCUT2D eigenvalue weighted by Crippen LogP contribution is 2.29. The van der Waals surface area contributed by atoms with Gasteiger partial charge in [0.1, 0.15) is 0 Å². The molecule has 2 aromatic rings. The normalized spacial score (nSPS) is 11.2. The molecule has 6 heteroatoms. The smallest absolute Gasteiger partial charge is 0.195 e. The number of aromatic nitrogens is 3. The van der Waals surface area contributed by atoms with Crippen molar-refractivity contribution in [2.75, 3.05) is 0 Å². The fourth-order valence-corrected chi connectivity index (χ4v) is 2.43. The summed E-state index contributed by atoms with van der Waals surface area (Å²) in [6.45, 7) is 5.05. The van der Waals surface area contributed by atoms with Gasteiger partial charge in [0.2, 0.25) is 0 Å². The maximum atomic E-state index is 6.20. The molecule has 0 aliphatic heterocycles. The first-order chi connectivity index (χ1) is 8.49. The zero-order chi connectivity index (χ0) is 13.3. The van der Waals surface area contributed by atoms with Crippen molar-refractivity contribution in [3.05, 3.63) is 33.0 Å². The van der Waals surface area contributed by atoms with Crippen LogP contribution in [0.5, 0.6) is 0 Å². The van der Waals surface area contributed by atoms with Crippen LogP contribution in [0.3, 0.4) is 0 Å². The minimum Gasteiger partial charge on any atom is -0.300 e. The molecule has 0 amide bonds. The second-order valence-electron chi connectivity index (χ2n) is 4.48. The van der Waals surface area contributed by atoms with Crippen LogP contribution in [0, 0.1) is 10.7 Å². The molecule has 3 nitrogen and oxygen atoms in total. The highest BCUT2D eigenvalue weighted by molar-refractivity contribution is 7.71. The zero-order valence-electron chi connectivity index (χ0n) is 10.1. The molecule has 0 atom stereocenters. The summed E-state index contributed by atoms with van der Waals surface area (Å²) in [5, 5.41) is 8.23. The van der Waals surface area contributed by atoms with Gasteiger partial charge < -0.3 is 0 Å². The van der Waals surface area contributed by atoms with Crippen LogP contribution in [0.25, 0.3) is 11.4 Å². The first kappa shape index (κ1) is 13.6. The van der Waals surface area contributed by atoms with Crippen molar-refractivity contribution < 1.29 is 0 Å². The fraction of sp³-hybridized carbons (Fsp3) is 0.333. The fourth-order valence-electron chi connectivity index (χ4n) is 1.73. The average Bonchev–Trinajstić information content (AvgIpc) is 2.60. The van der Waals surface area contributed by atoms with Crippen LogP contribution in [-0.2, 0) is 6.54 Å². The van der Waals surface area contributed by atoms with Gasteiger partial charge in [0.05, 0.1) is 5.02 Å². The molecule has 0 radical (unpaired) electrons. The summed E-state index contributed by atoms with van der Waals surface area (Å²) in [6.07, 6.45) is 0. The second-order valence-corrected chi connectivity index (χ2v) is 5.71. The molecule has 0 bridgehead atoms. The van der Waals surface area contributed by atoms with E-state index in [0.717, 1.165) is 17.9 Å². The van der Waals surface area contributed by atoms with Gasteiger partial charge in [-0.2, -0.15) is 5.10 Å². The van der Waals surface area contributed by atoms with E-state index in [1.165, 1.54) is 0 Å². The molecule has 1 aromatic heterocycles. The van der Waals surface area contributed by atoms with Gasteiger partial charge in [-0.15, -0.1) is 0 Å². The van der Waals surface area contributed by atoms with Gasteiger partial charge in [-0.05, 0) is 36.3 Å². The van der Waals surface area contributed by atoms with Gasteiger partial charge >= 0.3 is 0 Å². The molecule has 18 heavy (non-hydrogen) atoms. The monoisotopic (exact) mass is 301 g/mol. The predicted molar refractivity (Wildman–Crippen MR) is 77.7 cm³/mol. The van der Waals surface area contributed by atoms with E-state index >= 15 is 0 Å². The SMILES string of the molecule is CC(C)Cn1c(-c2ccc(Cl)cc2Cl)n[nH]c1=S. The third-order valence-corrected chi connectivity index (χ3v) is 3.34. The molecule has 0 saturated heterocycles. The van der Waals surface area contributed by atoms with Gasteiger partial charge in [-0.1, -0.05) is 37.0 Å². The maximum Gasteiger partial charge on any atom is 0.195 e. The van der Waals surface area contributed by atoms with Crippen molar-refractivity contribution in [1.82, 2.24) is 14.8 Å². The Morgan fingerprint density at radius 1 is 1.39 bits per heavy atom. The summed E-state index contributed by atoms with van der Waals surface area (Å²) in [5.74, 6) is 1.22. The molecular weight excluding hydrogens is 289 g/mol. The molecule has 96 valence electrons. The summed E-state index contributed by atoms with van der Waals surface area (Å²) >= 11 is 17.3. The van der Waals surface area contributed by atoms with E-state index < -0.39 is 0 Å². The highest BCUT2D eigenvalue weighted by Gasteiger charge is 2.13. The number of aromatic amines is 1. The molecule has 2 rings (SSSR count). The van der Waals surface area contributed by atoms with E-state index in [1.54, 1.807) is 12.1 Å². The molecule has 0 aliphatic carbocycles. The molecule has 1 aromatic carbocycles. The van der Waals surface area contributed by atoms with Crippen molar-refractivity contribution in [3.63, 3.8) is 0 Å². The molecular formula is C12H13Cl2N3S. The Labute approximate surface area is 121 Å². The predicted octanol–water partition coefficient (Wildman–Crippen LogP) is 4.57. The Morgan fingerprint density at radius 2 is 2.11 bits per heavy atom. The number of hydrogen-bond acceptors (Lipinski definition) is 2. The lowest BCUT2D eigenvalue weighted by Gasteiger charge is -2.10. The van der Waals surface area contributed by atoms with E-state index in [4.69, 9.17) is 35.4 Å². The lowest BCUT2D eigenvalue weighted by Crippen LogP contribution is -2.06. The number of nitrogens with one attached hydrogen (secondary N) is 1. The number of benzene rings is 1. The molecule has 0 spiro atoms. The summed E-state index contributed by atoms with van der Waals surface area (Å²) in [4.78, 5) is 0. The number of nitrogens with zero attached hydrogens (tertiary/aromatic N) is 2. The summed E-state index contributed by atoms with van der Waals surface area (Å²) in [5.41, 5.74) is 0.828. The Bertz CT molecular complexity index is 616. The van der Waals surface area contributed by atoms with Crippen LogP contribution in [0.4, 0.5) is 0 Å². The second kappa shape index (κ2) is 5.43. The average molecular weight is 302 g/mol. The van der Waals surface area contributed by atoms with Crippen molar-refractivity contribution in [3.8, 4) is 11.4 Å². The minimum absolute atomic E-state index is 0.471. The Kier molecular flexibility index (Phi) is 4.10. The van der Waals surface area contributed by atoms with E-state index in [1.807, 2.05) is 10.6 Å². The number of halogens is 2. The van der Waals surface area contributed by atoms with Gasteiger partial charge in [-0.25, -0.2) is 0 Å². The summed E-state index contributed by atoms with van der Waals surface area (Å²) in [6, 6.07) is 5.35. The van der Waals surface area contributed by atoms with Gasteiger partial charge in [0.15, 0.2) is 10.6 Å². The van der Waals surface area contributed by atoms with E-state index in [9.17, 15) is 0 Å². The zero-order valence-corrected chi connectivity index (χ0v) is 12.4. The number of hydrogen-bond donors (Lipinski definition) is 1. The van der Waals surface area contributed by atoms with Gasteiger partial charge in [-0.3, -0.25) is 9.67 Å². The minimum atomic E-state index is 0.471. The molecule has 0 fully saturated rings. The van der Waals surface area contributed by atoms with E-state index in [2.05, 4.69) is 24.0 Å². The van der Waals surface area contributed by atoms with Crippen LogP contribution < -0.4 is 0 Å². The quantitative estimate of drug-likeness (QED) is 0.843. The topological polar surface area (TPSA) is 33.6 Å². The van der Waals surface area contributed by atoms with Crippen LogP contribution in [0.2, 0.25) is 10.0 Å². The standard InChI is InChI=1S/C12H13Cl2N3S/c1-7(2)6-17-11(15-16-12(17)18)9-4-3-8(13)5-10(9)14/h3-5,7H,6H2,1-2H3,(H,16,18). The number of H-pyrrole nitrogens is 1. The summed E-state index contributed by atoms with van der Waals surface area (Å²) in [7, 11) is 0. The van der Waals surface area contributed by atoms with Gasteiger partial charge in [0, 0.05) is 17.1 Å². The molecule has 1 N–H and O–H groups in total. The van der Waals surface area contributed by atoms with Crippen LogP contribution in [0.1, 0.15) is 13.8 Å². The van der Waals surface area contributed by atoms with E-state index in [-0.39, 0.29) is 0 Å².